The molecule has 0 aliphatic carbocycles. The van der Waals surface area contributed by atoms with Crippen LogP contribution in [0.4, 0.5) is 8.78 Å². The predicted molar refractivity (Wildman–Crippen MR) is 82.9 cm³/mol. The number of hydrogen-bond acceptors (Lipinski definition) is 5. The average Bonchev–Trinajstić information content (AvgIpc) is 3.01. The summed E-state index contributed by atoms with van der Waals surface area (Å²) < 4.78 is 31.6. The first-order chi connectivity index (χ1) is 11.2. The van der Waals surface area contributed by atoms with Crippen molar-refractivity contribution in [1.82, 2.24) is 15.1 Å². The van der Waals surface area contributed by atoms with Gasteiger partial charge in [-0.2, -0.15) is 5.10 Å². The maximum Gasteiger partial charge on any atom is 0.159 e. The molecule has 1 aliphatic heterocycles. The molecular weight excluding hydrogens is 302 g/mol. The fourth-order valence-corrected chi connectivity index (χ4v) is 2.57. The van der Waals surface area contributed by atoms with Crippen LogP contribution in [-0.4, -0.2) is 47.5 Å². The monoisotopic (exact) mass is 320 g/mol. The maximum atomic E-state index is 13.3. The number of benzene rings is 1. The van der Waals surface area contributed by atoms with Gasteiger partial charge in [-0.3, -0.25) is 9.91 Å². The van der Waals surface area contributed by atoms with E-state index in [0.29, 0.717) is 23.6 Å². The van der Waals surface area contributed by atoms with Gasteiger partial charge in [0.25, 0.3) is 0 Å². The van der Waals surface area contributed by atoms with Crippen LogP contribution >= 0.6 is 0 Å². The van der Waals surface area contributed by atoms with E-state index in [9.17, 15) is 8.78 Å². The molecule has 2 aromatic rings. The van der Waals surface area contributed by atoms with Gasteiger partial charge in [0.1, 0.15) is 5.69 Å². The molecule has 0 radical (unpaired) electrons. The Balaban J connectivity index is 1.62. The number of piperazine rings is 1. The van der Waals surface area contributed by atoms with E-state index in [1.165, 1.54) is 6.07 Å². The fourth-order valence-electron chi connectivity index (χ4n) is 2.57. The lowest BCUT2D eigenvalue weighted by atomic mass is 10.1. The molecule has 7 heteroatoms. The van der Waals surface area contributed by atoms with Crippen LogP contribution in [0.3, 0.4) is 0 Å². The van der Waals surface area contributed by atoms with Gasteiger partial charge in [0.15, 0.2) is 17.4 Å². The molecule has 0 bridgehead atoms. The van der Waals surface area contributed by atoms with E-state index in [1.54, 1.807) is 12.3 Å². The van der Waals surface area contributed by atoms with Crippen molar-refractivity contribution in [3.8, 4) is 11.3 Å². The molecule has 1 aliphatic rings. The molecule has 0 atom stereocenters. The Kier molecular flexibility index (Phi) is 4.66. The van der Waals surface area contributed by atoms with Crippen molar-refractivity contribution in [1.29, 1.82) is 0 Å². The van der Waals surface area contributed by atoms with Crippen LogP contribution in [0.1, 0.15) is 12.7 Å². The minimum Gasteiger partial charge on any atom is -0.359 e. The van der Waals surface area contributed by atoms with E-state index in [2.05, 4.69) is 15.2 Å². The van der Waals surface area contributed by atoms with Crippen molar-refractivity contribution in [2.75, 3.05) is 26.2 Å². The van der Waals surface area contributed by atoms with Crippen molar-refractivity contribution in [2.45, 2.75) is 13.5 Å². The van der Waals surface area contributed by atoms with Crippen LogP contribution in [-0.2, 0) is 6.54 Å². The molecule has 23 heavy (non-hydrogen) atoms. The smallest absolute Gasteiger partial charge is 0.159 e. The second-order valence-corrected chi connectivity index (χ2v) is 5.41. The van der Waals surface area contributed by atoms with Gasteiger partial charge in [0.05, 0.1) is 6.54 Å². The molecule has 0 amide bonds. The van der Waals surface area contributed by atoms with Crippen molar-refractivity contribution in [3.05, 3.63) is 41.7 Å². The molecule has 1 saturated heterocycles. The zero-order chi connectivity index (χ0) is 16.2. The predicted octanol–water partition coefficient (Wildman–Crippen LogP) is 2.74. The van der Waals surface area contributed by atoms with Crippen LogP contribution in [0, 0.1) is 11.6 Å². The average molecular weight is 320 g/mol. The SMILES string of the molecule is C/C=N\N1CCN(Cc2cc(-c3ccc(F)c(F)c3)no2)CC1. The molecule has 1 fully saturated rings. The van der Waals surface area contributed by atoms with Crippen molar-refractivity contribution < 1.29 is 13.3 Å². The van der Waals surface area contributed by atoms with Gasteiger partial charge in [-0.1, -0.05) is 5.16 Å². The third kappa shape index (κ3) is 3.73. The molecule has 5 nitrogen and oxygen atoms in total. The van der Waals surface area contributed by atoms with Crippen molar-refractivity contribution in [2.24, 2.45) is 5.10 Å². The topological polar surface area (TPSA) is 44.9 Å². The summed E-state index contributed by atoms with van der Waals surface area (Å²) in [4.78, 5) is 2.25. The quantitative estimate of drug-likeness (QED) is 0.813. The zero-order valence-corrected chi connectivity index (χ0v) is 12.9. The summed E-state index contributed by atoms with van der Waals surface area (Å²) >= 11 is 0. The lowest BCUT2D eigenvalue weighted by Crippen LogP contribution is -2.43. The number of nitrogens with zero attached hydrogens (tertiary/aromatic N) is 4. The largest absolute Gasteiger partial charge is 0.359 e. The normalized spacial score (nSPS) is 16.4. The minimum absolute atomic E-state index is 0.501. The lowest BCUT2D eigenvalue weighted by Gasteiger charge is -2.32. The van der Waals surface area contributed by atoms with Crippen molar-refractivity contribution >= 4 is 6.21 Å². The highest BCUT2D eigenvalue weighted by molar-refractivity contribution is 5.58. The van der Waals surface area contributed by atoms with Gasteiger partial charge in [-0.05, 0) is 25.1 Å². The Morgan fingerprint density at radius 2 is 1.96 bits per heavy atom. The second-order valence-electron chi connectivity index (χ2n) is 5.41. The van der Waals surface area contributed by atoms with Crippen LogP contribution < -0.4 is 0 Å². The summed E-state index contributed by atoms with van der Waals surface area (Å²) in [6.07, 6.45) is 1.79. The number of halogens is 2. The Labute approximate surface area is 133 Å². The van der Waals surface area contributed by atoms with Crippen LogP contribution in [0.2, 0.25) is 0 Å². The molecule has 2 heterocycles. The number of hydrogen-bond donors (Lipinski definition) is 0. The molecular formula is C16H18F2N4O. The van der Waals surface area contributed by atoms with Gasteiger partial charge in [0, 0.05) is 44.0 Å². The molecule has 0 saturated carbocycles. The number of rotatable bonds is 4. The third-order valence-electron chi connectivity index (χ3n) is 3.78. The van der Waals surface area contributed by atoms with E-state index < -0.39 is 11.6 Å². The fraction of sp³-hybridized carbons (Fsp3) is 0.375. The highest BCUT2D eigenvalue weighted by Crippen LogP contribution is 2.22. The van der Waals surface area contributed by atoms with Crippen LogP contribution in [0.15, 0.2) is 33.9 Å². The molecule has 0 N–H and O–H groups in total. The van der Waals surface area contributed by atoms with E-state index in [0.717, 1.165) is 38.3 Å². The van der Waals surface area contributed by atoms with Crippen LogP contribution in [0.5, 0.6) is 0 Å². The minimum atomic E-state index is -0.889. The van der Waals surface area contributed by atoms with Gasteiger partial charge in [-0.25, -0.2) is 8.78 Å². The Morgan fingerprint density at radius 3 is 2.65 bits per heavy atom. The summed E-state index contributed by atoms with van der Waals surface area (Å²) in [6, 6.07) is 5.47. The number of hydrazone groups is 1. The molecule has 0 unspecified atom stereocenters. The maximum absolute atomic E-state index is 13.3. The second kappa shape index (κ2) is 6.87. The van der Waals surface area contributed by atoms with Crippen molar-refractivity contribution in [3.63, 3.8) is 0 Å². The standard InChI is InChI=1S/C16H18F2N4O/c1-2-19-22-7-5-21(6-8-22)11-13-10-16(20-23-13)12-3-4-14(17)15(18)9-12/h2-4,9-10H,5-8,11H2,1H3/b19-2-. The van der Waals surface area contributed by atoms with E-state index in [4.69, 9.17) is 4.52 Å². The Morgan fingerprint density at radius 1 is 1.17 bits per heavy atom. The summed E-state index contributed by atoms with van der Waals surface area (Å²) in [5.41, 5.74) is 1.01. The van der Waals surface area contributed by atoms with Gasteiger partial charge in [0.2, 0.25) is 0 Å². The molecule has 1 aromatic carbocycles. The molecule has 1 aromatic heterocycles. The summed E-state index contributed by atoms with van der Waals surface area (Å²) in [5.74, 6) is -1.05. The first-order valence-electron chi connectivity index (χ1n) is 7.52. The van der Waals surface area contributed by atoms with Gasteiger partial charge >= 0.3 is 0 Å². The zero-order valence-electron chi connectivity index (χ0n) is 12.9. The summed E-state index contributed by atoms with van der Waals surface area (Å²) in [7, 11) is 0. The van der Waals surface area contributed by atoms with Crippen LogP contribution in [0.25, 0.3) is 11.3 Å². The molecule has 122 valence electrons. The first-order valence-corrected chi connectivity index (χ1v) is 7.52. The third-order valence-corrected chi connectivity index (χ3v) is 3.78. The highest BCUT2D eigenvalue weighted by atomic mass is 19.2. The summed E-state index contributed by atoms with van der Waals surface area (Å²) in [5, 5.41) is 10.2. The Bertz CT molecular complexity index is 693. The summed E-state index contributed by atoms with van der Waals surface area (Å²) in [6.45, 7) is 6.06. The lowest BCUT2D eigenvalue weighted by molar-refractivity contribution is 0.122. The van der Waals surface area contributed by atoms with Gasteiger partial charge < -0.3 is 4.52 Å². The van der Waals surface area contributed by atoms with Gasteiger partial charge in [-0.15, -0.1) is 0 Å². The van der Waals surface area contributed by atoms with E-state index in [-0.39, 0.29) is 0 Å². The number of aromatic nitrogens is 1. The molecule has 3 rings (SSSR count). The van der Waals surface area contributed by atoms with E-state index >= 15 is 0 Å². The molecule has 0 spiro atoms. The van der Waals surface area contributed by atoms with E-state index in [1.807, 2.05) is 11.9 Å². The Hall–Kier alpha value is -2.28. The highest BCUT2D eigenvalue weighted by Gasteiger charge is 2.17. The first kappa shape index (κ1) is 15.6.